The first kappa shape index (κ1) is 8.49. The summed E-state index contributed by atoms with van der Waals surface area (Å²) in [6, 6.07) is 4.29. The van der Waals surface area contributed by atoms with Crippen molar-refractivity contribution in [2.45, 2.75) is 32.1 Å². The summed E-state index contributed by atoms with van der Waals surface area (Å²) in [4.78, 5) is 4.45. The lowest BCUT2D eigenvalue weighted by atomic mass is 9.92. The summed E-state index contributed by atoms with van der Waals surface area (Å²) in [5.41, 5.74) is 2.46. The van der Waals surface area contributed by atoms with Crippen molar-refractivity contribution in [1.29, 1.82) is 0 Å². The SMILES string of the molecule is Cc1ccc([C@@H]2C=CCCC2)nc1. The molecule has 1 nitrogen and oxygen atoms in total. The van der Waals surface area contributed by atoms with Crippen LogP contribution < -0.4 is 0 Å². The molecule has 1 heteroatoms. The van der Waals surface area contributed by atoms with Gasteiger partial charge in [-0.15, -0.1) is 0 Å². The zero-order chi connectivity index (χ0) is 9.10. The van der Waals surface area contributed by atoms with Gasteiger partial charge in [0.15, 0.2) is 0 Å². The highest BCUT2D eigenvalue weighted by atomic mass is 14.7. The van der Waals surface area contributed by atoms with Crippen molar-refractivity contribution in [3.63, 3.8) is 0 Å². The van der Waals surface area contributed by atoms with E-state index in [1.807, 2.05) is 6.20 Å². The van der Waals surface area contributed by atoms with E-state index >= 15 is 0 Å². The predicted octanol–water partition coefficient (Wildman–Crippen LogP) is 3.21. The Morgan fingerprint density at radius 2 is 2.31 bits per heavy atom. The molecule has 0 saturated heterocycles. The quantitative estimate of drug-likeness (QED) is 0.594. The average molecular weight is 173 g/mol. The van der Waals surface area contributed by atoms with Crippen LogP contribution in [-0.4, -0.2) is 4.98 Å². The second kappa shape index (κ2) is 3.73. The number of aromatic nitrogens is 1. The summed E-state index contributed by atoms with van der Waals surface area (Å²) in [5, 5.41) is 0. The first-order chi connectivity index (χ1) is 6.36. The number of rotatable bonds is 1. The van der Waals surface area contributed by atoms with Gasteiger partial charge >= 0.3 is 0 Å². The van der Waals surface area contributed by atoms with Gasteiger partial charge in [0.2, 0.25) is 0 Å². The monoisotopic (exact) mass is 173 g/mol. The molecule has 1 aromatic heterocycles. The summed E-state index contributed by atoms with van der Waals surface area (Å²) in [6.07, 6.45) is 10.3. The van der Waals surface area contributed by atoms with Crippen molar-refractivity contribution in [3.05, 3.63) is 41.7 Å². The van der Waals surface area contributed by atoms with E-state index in [0.717, 1.165) is 0 Å². The molecule has 0 amide bonds. The van der Waals surface area contributed by atoms with Crippen LogP contribution in [0.3, 0.4) is 0 Å². The molecule has 1 atom stereocenters. The number of aryl methyl sites for hydroxylation is 1. The molecule has 0 bridgehead atoms. The van der Waals surface area contributed by atoms with Crippen LogP contribution in [-0.2, 0) is 0 Å². The molecular weight excluding hydrogens is 158 g/mol. The van der Waals surface area contributed by atoms with Gasteiger partial charge in [0.25, 0.3) is 0 Å². The van der Waals surface area contributed by atoms with Crippen molar-refractivity contribution in [2.24, 2.45) is 0 Å². The normalized spacial score (nSPS) is 21.8. The first-order valence-corrected chi connectivity index (χ1v) is 4.95. The second-order valence-electron chi connectivity index (χ2n) is 3.73. The summed E-state index contributed by atoms with van der Waals surface area (Å²) < 4.78 is 0. The maximum absolute atomic E-state index is 4.45. The van der Waals surface area contributed by atoms with E-state index in [0.29, 0.717) is 5.92 Å². The smallest absolute Gasteiger partial charge is 0.0472 e. The fourth-order valence-electron chi connectivity index (χ4n) is 1.76. The molecule has 0 aliphatic heterocycles. The highest BCUT2D eigenvalue weighted by Crippen LogP contribution is 2.25. The summed E-state index contributed by atoms with van der Waals surface area (Å²) in [7, 11) is 0. The third kappa shape index (κ3) is 1.97. The molecule has 0 unspecified atom stereocenters. The summed E-state index contributed by atoms with van der Waals surface area (Å²) >= 11 is 0. The Labute approximate surface area is 79.5 Å². The Balaban J connectivity index is 2.19. The molecule has 68 valence electrons. The highest BCUT2D eigenvalue weighted by molar-refractivity contribution is 5.20. The van der Waals surface area contributed by atoms with E-state index < -0.39 is 0 Å². The predicted molar refractivity (Wildman–Crippen MR) is 54.7 cm³/mol. The van der Waals surface area contributed by atoms with E-state index in [1.54, 1.807) is 0 Å². The number of pyridine rings is 1. The van der Waals surface area contributed by atoms with Crippen LogP contribution in [0.5, 0.6) is 0 Å². The lowest BCUT2D eigenvalue weighted by Gasteiger charge is -2.15. The highest BCUT2D eigenvalue weighted by Gasteiger charge is 2.11. The molecular formula is C12H15N. The average Bonchev–Trinajstić information content (AvgIpc) is 2.20. The molecule has 0 radical (unpaired) electrons. The van der Waals surface area contributed by atoms with Gasteiger partial charge in [-0.2, -0.15) is 0 Å². The first-order valence-electron chi connectivity index (χ1n) is 4.95. The Kier molecular flexibility index (Phi) is 2.44. The largest absolute Gasteiger partial charge is 0.260 e. The fourth-order valence-corrected chi connectivity index (χ4v) is 1.76. The molecule has 0 fully saturated rings. The number of hydrogen-bond donors (Lipinski definition) is 0. The molecule has 0 spiro atoms. The Bertz CT molecular complexity index is 297. The third-order valence-electron chi connectivity index (χ3n) is 2.57. The van der Waals surface area contributed by atoms with E-state index in [1.165, 1.54) is 30.5 Å². The molecule has 0 saturated carbocycles. The van der Waals surface area contributed by atoms with Crippen LogP contribution in [0.15, 0.2) is 30.5 Å². The van der Waals surface area contributed by atoms with Gasteiger partial charge in [0.1, 0.15) is 0 Å². The molecule has 1 aliphatic rings. The van der Waals surface area contributed by atoms with Crippen molar-refractivity contribution in [2.75, 3.05) is 0 Å². The van der Waals surface area contributed by atoms with Gasteiger partial charge in [0.05, 0.1) is 0 Å². The van der Waals surface area contributed by atoms with E-state index in [-0.39, 0.29) is 0 Å². The summed E-state index contributed by atoms with van der Waals surface area (Å²) in [5.74, 6) is 0.564. The maximum Gasteiger partial charge on any atom is 0.0472 e. The molecule has 1 aromatic rings. The number of allylic oxidation sites excluding steroid dienone is 2. The fraction of sp³-hybridized carbons (Fsp3) is 0.417. The van der Waals surface area contributed by atoms with Crippen molar-refractivity contribution in [1.82, 2.24) is 4.98 Å². The van der Waals surface area contributed by atoms with Crippen LogP contribution >= 0.6 is 0 Å². The lowest BCUT2D eigenvalue weighted by Crippen LogP contribution is -2.01. The molecule has 1 heterocycles. The molecule has 2 rings (SSSR count). The molecule has 13 heavy (non-hydrogen) atoms. The van der Waals surface area contributed by atoms with E-state index in [2.05, 4.69) is 36.2 Å². The van der Waals surface area contributed by atoms with Crippen LogP contribution in [0.1, 0.15) is 36.4 Å². The van der Waals surface area contributed by atoms with Gasteiger partial charge in [-0.3, -0.25) is 4.98 Å². The minimum atomic E-state index is 0.564. The lowest BCUT2D eigenvalue weighted by molar-refractivity contribution is 0.641. The minimum absolute atomic E-state index is 0.564. The van der Waals surface area contributed by atoms with E-state index in [9.17, 15) is 0 Å². The van der Waals surface area contributed by atoms with Gasteiger partial charge in [-0.05, 0) is 37.8 Å². The summed E-state index contributed by atoms with van der Waals surface area (Å²) in [6.45, 7) is 2.08. The van der Waals surface area contributed by atoms with Gasteiger partial charge < -0.3 is 0 Å². The van der Waals surface area contributed by atoms with Crippen LogP contribution in [0, 0.1) is 6.92 Å². The van der Waals surface area contributed by atoms with Gasteiger partial charge in [-0.1, -0.05) is 18.2 Å². The Morgan fingerprint density at radius 1 is 1.38 bits per heavy atom. The second-order valence-corrected chi connectivity index (χ2v) is 3.73. The molecule has 0 aromatic carbocycles. The Hall–Kier alpha value is -1.11. The topological polar surface area (TPSA) is 12.9 Å². The zero-order valence-electron chi connectivity index (χ0n) is 8.03. The number of nitrogens with zero attached hydrogens (tertiary/aromatic N) is 1. The third-order valence-corrected chi connectivity index (χ3v) is 2.57. The molecule has 1 aliphatic carbocycles. The van der Waals surface area contributed by atoms with Gasteiger partial charge in [-0.25, -0.2) is 0 Å². The zero-order valence-corrected chi connectivity index (χ0v) is 8.03. The Morgan fingerprint density at radius 3 is 2.92 bits per heavy atom. The standard InChI is InChI=1S/C12H15N/c1-10-7-8-12(13-9-10)11-5-3-2-4-6-11/h3,5,7-9,11H,2,4,6H2,1H3/t11-/m1/s1. The minimum Gasteiger partial charge on any atom is -0.260 e. The maximum atomic E-state index is 4.45. The van der Waals surface area contributed by atoms with Crippen molar-refractivity contribution >= 4 is 0 Å². The van der Waals surface area contributed by atoms with Crippen molar-refractivity contribution in [3.8, 4) is 0 Å². The van der Waals surface area contributed by atoms with Crippen LogP contribution in [0.2, 0.25) is 0 Å². The van der Waals surface area contributed by atoms with E-state index in [4.69, 9.17) is 0 Å². The van der Waals surface area contributed by atoms with Crippen molar-refractivity contribution < 1.29 is 0 Å². The number of hydrogen-bond acceptors (Lipinski definition) is 1. The van der Waals surface area contributed by atoms with Gasteiger partial charge in [0, 0.05) is 17.8 Å². The molecule has 0 N–H and O–H groups in total. The van der Waals surface area contributed by atoms with Crippen LogP contribution in [0.25, 0.3) is 0 Å². The van der Waals surface area contributed by atoms with Crippen LogP contribution in [0.4, 0.5) is 0 Å².